The van der Waals surface area contributed by atoms with Gasteiger partial charge in [-0.2, -0.15) is 0 Å². The molecule has 1 spiro atoms. The van der Waals surface area contributed by atoms with Crippen LogP contribution >= 0.6 is 0 Å². The Kier molecular flexibility index (Phi) is 3.21. The number of nitrogens with zero attached hydrogens (tertiary/aromatic N) is 1. The van der Waals surface area contributed by atoms with E-state index >= 15 is 0 Å². The zero-order valence-electron chi connectivity index (χ0n) is 14.2. The fourth-order valence-electron chi connectivity index (χ4n) is 4.38. The number of amides is 1. The van der Waals surface area contributed by atoms with Gasteiger partial charge in [0.25, 0.3) is 0 Å². The van der Waals surface area contributed by atoms with Crippen molar-refractivity contribution in [3.63, 3.8) is 0 Å². The lowest BCUT2D eigenvalue weighted by atomic mass is 9.85. The number of cyclic esters (lactones) is 1. The van der Waals surface area contributed by atoms with Crippen molar-refractivity contribution >= 4 is 12.1 Å². The molecule has 5 nitrogen and oxygen atoms in total. The lowest BCUT2D eigenvalue weighted by molar-refractivity contribution is -0.138. The summed E-state index contributed by atoms with van der Waals surface area (Å²) >= 11 is 0. The minimum atomic E-state index is -0.584. The molecule has 5 heteroatoms. The van der Waals surface area contributed by atoms with Crippen molar-refractivity contribution in [1.82, 2.24) is 4.90 Å². The van der Waals surface area contributed by atoms with E-state index in [0.29, 0.717) is 32.5 Å². The second-order valence-electron chi connectivity index (χ2n) is 7.95. The van der Waals surface area contributed by atoms with Gasteiger partial charge < -0.3 is 14.4 Å². The van der Waals surface area contributed by atoms with Crippen LogP contribution in [-0.4, -0.2) is 42.3 Å². The topological polar surface area (TPSA) is 55.8 Å². The number of hydrogen-bond acceptors (Lipinski definition) is 4. The number of benzene rings is 1. The van der Waals surface area contributed by atoms with Crippen LogP contribution in [0.4, 0.5) is 4.79 Å². The van der Waals surface area contributed by atoms with Crippen LogP contribution in [0.25, 0.3) is 0 Å². The van der Waals surface area contributed by atoms with E-state index in [-0.39, 0.29) is 11.3 Å². The van der Waals surface area contributed by atoms with Crippen molar-refractivity contribution in [3.8, 4) is 0 Å². The average molecular weight is 329 g/mol. The first-order valence-corrected chi connectivity index (χ1v) is 8.59. The minimum Gasteiger partial charge on any atom is -0.430 e. The van der Waals surface area contributed by atoms with E-state index in [4.69, 9.17) is 9.47 Å². The molecule has 4 rings (SSSR count). The Labute approximate surface area is 141 Å². The largest absolute Gasteiger partial charge is 0.509 e. The Morgan fingerprint density at radius 1 is 1.12 bits per heavy atom. The zero-order valence-corrected chi connectivity index (χ0v) is 14.2. The van der Waals surface area contributed by atoms with Gasteiger partial charge in [-0.25, -0.2) is 4.79 Å². The van der Waals surface area contributed by atoms with Gasteiger partial charge >= 0.3 is 6.16 Å². The van der Waals surface area contributed by atoms with Crippen molar-refractivity contribution in [2.45, 2.75) is 44.1 Å². The number of carbonyl (C=O) groups is 2. The quantitative estimate of drug-likeness (QED) is 0.783. The standard InChI is InChI=1S/C19H23NO4/c1-17(2)12-19(17,14-6-4-3-5-7-14)15(21)20-10-8-18(9-11-20)13-23-16(22)24-18/h3-7H,8-13H2,1-2H3/t19-/m0/s1. The molecule has 2 saturated heterocycles. The third kappa shape index (κ3) is 2.14. The van der Waals surface area contributed by atoms with Gasteiger partial charge in [0.15, 0.2) is 5.60 Å². The fourth-order valence-corrected chi connectivity index (χ4v) is 4.38. The highest BCUT2D eigenvalue weighted by molar-refractivity contribution is 5.93. The molecule has 2 heterocycles. The summed E-state index contributed by atoms with van der Waals surface area (Å²) in [6.07, 6.45) is 1.59. The van der Waals surface area contributed by atoms with Gasteiger partial charge in [-0.3, -0.25) is 4.79 Å². The van der Waals surface area contributed by atoms with Crippen molar-refractivity contribution in [2.24, 2.45) is 5.41 Å². The summed E-state index contributed by atoms with van der Waals surface area (Å²) in [4.78, 5) is 26.5. The molecule has 1 aliphatic carbocycles. The summed E-state index contributed by atoms with van der Waals surface area (Å²) in [7, 11) is 0. The molecule has 0 N–H and O–H groups in total. The highest BCUT2D eigenvalue weighted by Gasteiger charge is 2.68. The third-order valence-corrected chi connectivity index (χ3v) is 6.08. The van der Waals surface area contributed by atoms with E-state index in [2.05, 4.69) is 26.0 Å². The highest BCUT2D eigenvalue weighted by Crippen LogP contribution is 2.65. The van der Waals surface area contributed by atoms with Crippen molar-refractivity contribution < 1.29 is 19.1 Å². The molecule has 0 bridgehead atoms. The van der Waals surface area contributed by atoms with Crippen LogP contribution in [0.5, 0.6) is 0 Å². The first kappa shape index (κ1) is 15.5. The molecule has 1 atom stereocenters. The summed E-state index contributed by atoms with van der Waals surface area (Å²) < 4.78 is 10.3. The van der Waals surface area contributed by atoms with E-state index in [1.807, 2.05) is 23.1 Å². The van der Waals surface area contributed by atoms with Gasteiger partial charge in [-0.15, -0.1) is 0 Å². The molecule has 0 aromatic heterocycles. The van der Waals surface area contributed by atoms with E-state index in [9.17, 15) is 9.59 Å². The number of carbonyl (C=O) groups excluding carboxylic acids is 2. The molecular weight excluding hydrogens is 306 g/mol. The number of likely N-dealkylation sites (tertiary alicyclic amines) is 1. The second-order valence-corrected chi connectivity index (χ2v) is 7.95. The lowest BCUT2D eigenvalue weighted by Crippen LogP contribution is -2.51. The van der Waals surface area contributed by atoms with E-state index in [1.54, 1.807) is 0 Å². The van der Waals surface area contributed by atoms with Gasteiger partial charge in [0.1, 0.15) is 6.61 Å². The van der Waals surface area contributed by atoms with E-state index in [0.717, 1.165) is 12.0 Å². The SMILES string of the molecule is CC1(C)C[C@@]1(C(=O)N1CCC2(CC1)COC(=O)O2)c1ccccc1. The Balaban J connectivity index is 1.53. The molecule has 0 radical (unpaired) electrons. The Morgan fingerprint density at radius 2 is 1.75 bits per heavy atom. The molecule has 1 aromatic rings. The molecule has 1 saturated carbocycles. The maximum absolute atomic E-state index is 13.4. The van der Waals surface area contributed by atoms with Crippen LogP contribution in [0.1, 0.15) is 38.7 Å². The van der Waals surface area contributed by atoms with Gasteiger partial charge in [0.2, 0.25) is 5.91 Å². The summed E-state index contributed by atoms with van der Waals surface area (Å²) in [5.41, 5.74) is 0.147. The molecule has 128 valence electrons. The monoisotopic (exact) mass is 329 g/mol. The third-order valence-electron chi connectivity index (χ3n) is 6.08. The van der Waals surface area contributed by atoms with Crippen LogP contribution in [-0.2, 0) is 19.7 Å². The van der Waals surface area contributed by atoms with Gasteiger partial charge in [-0.05, 0) is 17.4 Å². The van der Waals surface area contributed by atoms with Crippen LogP contribution < -0.4 is 0 Å². The van der Waals surface area contributed by atoms with Gasteiger partial charge in [0.05, 0.1) is 5.41 Å². The van der Waals surface area contributed by atoms with Crippen molar-refractivity contribution in [1.29, 1.82) is 0 Å². The first-order valence-electron chi connectivity index (χ1n) is 8.59. The maximum atomic E-state index is 13.4. The van der Waals surface area contributed by atoms with Gasteiger partial charge in [0, 0.05) is 25.9 Å². The van der Waals surface area contributed by atoms with Crippen LogP contribution in [0, 0.1) is 5.41 Å². The lowest BCUT2D eigenvalue weighted by Gasteiger charge is -2.38. The number of hydrogen-bond donors (Lipinski definition) is 0. The average Bonchev–Trinajstić information content (AvgIpc) is 3.00. The predicted octanol–water partition coefficient (Wildman–Crippen LogP) is 2.88. The minimum absolute atomic E-state index is 0.0243. The van der Waals surface area contributed by atoms with Crippen LogP contribution in [0.3, 0.4) is 0 Å². The Hall–Kier alpha value is -2.04. The van der Waals surface area contributed by atoms with Gasteiger partial charge in [-0.1, -0.05) is 44.2 Å². The van der Waals surface area contributed by atoms with Crippen LogP contribution in [0.15, 0.2) is 30.3 Å². The fraction of sp³-hybridized carbons (Fsp3) is 0.579. The summed E-state index contributed by atoms with van der Waals surface area (Å²) in [6, 6.07) is 10.1. The molecule has 2 aliphatic heterocycles. The summed E-state index contributed by atoms with van der Waals surface area (Å²) in [6.45, 7) is 5.86. The highest BCUT2D eigenvalue weighted by atomic mass is 16.8. The second kappa shape index (κ2) is 4.98. The molecule has 24 heavy (non-hydrogen) atoms. The van der Waals surface area contributed by atoms with Crippen molar-refractivity contribution in [2.75, 3.05) is 19.7 Å². The van der Waals surface area contributed by atoms with E-state index < -0.39 is 17.2 Å². The molecule has 1 aromatic carbocycles. The summed E-state index contributed by atoms with van der Waals surface area (Å²) in [5.74, 6) is 0.207. The molecule has 3 fully saturated rings. The Morgan fingerprint density at radius 3 is 2.25 bits per heavy atom. The molecule has 3 aliphatic rings. The Bertz CT molecular complexity index is 676. The molecule has 0 unspecified atom stereocenters. The maximum Gasteiger partial charge on any atom is 0.509 e. The smallest absolute Gasteiger partial charge is 0.430 e. The van der Waals surface area contributed by atoms with E-state index in [1.165, 1.54) is 0 Å². The predicted molar refractivity (Wildman–Crippen MR) is 87.5 cm³/mol. The summed E-state index contributed by atoms with van der Waals surface area (Å²) in [5, 5.41) is 0. The number of ether oxygens (including phenoxy) is 2. The zero-order chi connectivity index (χ0) is 17.0. The first-order chi connectivity index (χ1) is 11.4. The molecule has 1 amide bonds. The number of rotatable bonds is 2. The van der Waals surface area contributed by atoms with Crippen LogP contribution in [0.2, 0.25) is 0 Å². The normalized spacial score (nSPS) is 29.9. The molecular formula is C19H23NO4. The number of piperidine rings is 1. The van der Waals surface area contributed by atoms with Crippen molar-refractivity contribution in [3.05, 3.63) is 35.9 Å².